The minimum atomic E-state index is -4.44. The lowest BCUT2D eigenvalue weighted by molar-refractivity contribution is -0.183. The maximum atomic E-state index is 14.0. The van der Waals surface area contributed by atoms with Crippen LogP contribution in [0.2, 0.25) is 0 Å². The molecule has 0 bridgehead atoms. The Hall–Kier alpha value is -3.69. The number of carbonyl (C=O) groups excluding carboxylic acids is 2. The number of amides is 2. The van der Waals surface area contributed by atoms with Crippen molar-refractivity contribution in [3.8, 4) is 0 Å². The summed E-state index contributed by atoms with van der Waals surface area (Å²) in [7, 11) is 3.28. The molecule has 5 rings (SSSR count). The molecule has 0 radical (unpaired) electrons. The maximum absolute atomic E-state index is 14.0. The second kappa shape index (κ2) is 11.5. The summed E-state index contributed by atoms with van der Waals surface area (Å²) in [5, 5.41) is 16.8. The van der Waals surface area contributed by atoms with E-state index in [1.54, 1.807) is 14.1 Å². The lowest BCUT2D eigenvalue weighted by Crippen LogP contribution is -2.47. The van der Waals surface area contributed by atoms with E-state index in [2.05, 4.69) is 36.1 Å². The topological polar surface area (TPSA) is 131 Å². The first-order valence-electron chi connectivity index (χ1n) is 13.8. The molecule has 16 heteroatoms. The Balaban J connectivity index is 1.47. The van der Waals surface area contributed by atoms with Crippen LogP contribution < -0.4 is 16.0 Å². The van der Waals surface area contributed by atoms with Crippen molar-refractivity contribution < 1.29 is 31.5 Å². The van der Waals surface area contributed by atoms with Gasteiger partial charge in [-0.25, -0.2) is 23.3 Å². The molecule has 1 aliphatic carbocycles. The van der Waals surface area contributed by atoms with Crippen molar-refractivity contribution in [1.82, 2.24) is 45.3 Å². The van der Waals surface area contributed by atoms with Crippen LogP contribution in [0.3, 0.4) is 0 Å². The number of carbonyl (C=O) groups is 2. The van der Waals surface area contributed by atoms with Crippen molar-refractivity contribution in [3.05, 3.63) is 41.2 Å². The van der Waals surface area contributed by atoms with Crippen LogP contribution in [-0.4, -0.2) is 66.9 Å². The van der Waals surface area contributed by atoms with Gasteiger partial charge in [0.1, 0.15) is 5.69 Å². The van der Waals surface area contributed by atoms with Crippen LogP contribution >= 0.6 is 0 Å². The van der Waals surface area contributed by atoms with Crippen LogP contribution in [0.5, 0.6) is 0 Å². The van der Waals surface area contributed by atoms with Gasteiger partial charge in [-0.1, -0.05) is 0 Å². The summed E-state index contributed by atoms with van der Waals surface area (Å²) in [6.07, 6.45) is -2.18. The second-order valence-electron chi connectivity index (χ2n) is 11.1. The van der Waals surface area contributed by atoms with E-state index in [0.29, 0.717) is 17.1 Å². The number of nitrogens with one attached hydrogen (secondary N) is 3. The highest BCUT2D eigenvalue weighted by Crippen LogP contribution is 2.41. The van der Waals surface area contributed by atoms with E-state index >= 15 is 0 Å². The van der Waals surface area contributed by atoms with Gasteiger partial charge in [0, 0.05) is 51.5 Å². The molecule has 3 N–H and O–H groups in total. The normalized spacial score (nSPS) is 22.2. The van der Waals surface area contributed by atoms with Crippen molar-refractivity contribution >= 4 is 17.6 Å². The molecule has 1 saturated carbocycles. The largest absolute Gasteiger partial charge is 0.393 e. The number of rotatable bonds is 8. The molecule has 3 aromatic heterocycles. The summed E-state index contributed by atoms with van der Waals surface area (Å²) in [5.74, 6) is -6.49. The standard InChI is InChI=1S/C26H32F5N9O2/c1-32-12-18-17(10-15-9-16(26(29,30)31)11-33-22(15)41)38-40-13-19(36-24(40)35-18)21(14-3-6-25(27,28)7-4-14)37-23(42)20-5-8-34-39(20)2/h5,8,13-16,21,32H,3-4,6-7,9-12H2,1-2H3,(H,33,41)(H,37,42)/t15-,16-,21+/m1/s1. The number of hydrogen-bond acceptors (Lipinski definition) is 7. The van der Waals surface area contributed by atoms with Gasteiger partial charge in [0.05, 0.1) is 35.2 Å². The van der Waals surface area contributed by atoms with Gasteiger partial charge < -0.3 is 16.0 Å². The van der Waals surface area contributed by atoms with Crippen LogP contribution in [0.25, 0.3) is 5.78 Å². The van der Waals surface area contributed by atoms with Gasteiger partial charge in [-0.15, -0.1) is 0 Å². The summed E-state index contributed by atoms with van der Waals surface area (Å²) in [5.41, 5.74) is 1.39. The highest BCUT2D eigenvalue weighted by atomic mass is 19.4. The average Bonchev–Trinajstić information content (AvgIpc) is 3.54. The van der Waals surface area contributed by atoms with Gasteiger partial charge in [0.2, 0.25) is 11.8 Å². The predicted octanol–water partition coefficient (Wildman–Crippen LogP) is 2.73. The molecule has 0 unspecified atom stereocenters. The van der Waals surface area contributed by atoms with Crippen molar-refractivity contribution in [3.63, 3.8) is 0 Å². The summed E-state index contributed by atoms with van der Waals surface area (Å²) in [6.45, 7) is -0.243. The quantitative estimate of drug-likeness (QED) is 0.341. The molecule has 3 atom stereocenters. The first-order valence-corrected chi connectivity index (χ1v) is 13.8. The molecular formula is C26H32F5N9O2. The molecule has 0 aromatic carbocycles. The summed E-state index contributed by atoms with van der Waals surface area (Å²) >= 11 is 0. The van der Waals surface area contributed by atoms with Crippen molar-refractivity contribution in [2.75, 3.05) is 13.6 Å². The van der Waals surface area contributed by atoms with Gasteiger partial charge >= 0.3 is 6.18 Å². The second-order valence-corrected chi connectivity index (χ2v) is 11.1. The monoisotopic (exact) mass is 597 g/mol. The van der Waals surface area contributed by atoms with E-state index in [0.717, 1.165) is 0 Å². The molecule has 1 saturated heterocycles. The first kappa shape index (κ1) is 29.8. The van der Waals surface area contributed by atoms with Crippen molar-refractivity contribution in [2.24, 2.45) is 24.8 Å². The molecule has 42 heavy (non-hydrogen) atoms. The number of halogens is 5. The number of nitrogens with zero attached hydrogens (tertiary/aromatic N) is 6. The van der Waals surface area contributed by atoms with Gasteiger partial charge in [-0.2, -0.15) is 23.4 Å². The third-order valence-electron chi connectivity index (χ3n) is 8.09. The molecule has 11 nitrogen and oxygen atoms in total. The summed E-state index contributed by atoms with van der Waals surface area (Å²) < 4.78 is 70.9. The molecule has 2 fully saturated rings. The highest BCUT2D eigenvalue weighted by Gasteiger charge is 2.45. The van der Waals surface area contributed by atoms with Gasteiger partial charge in [0.25, 0.3) is 11.7 Å². The van der Waals surface area contributed by atoms with Crippen molar-refractivity contribution in [1.29, 1.82) is 0 Å². The van der Waals surface area contributed by atoms with Crippen molar-refractivity contribution in [2.45, 2.75) is 63.2 Å². The van der Waals surface area contributed by atoms with Crippen LogP contribution in [-0.2, 0) is 24.8 Å². The molecular weight excluding hydrogens is 565 g/mol. The minimum Gasteiger partial charge on any atom is -0.355 e. The lowest BCUT2D eigenvalue weighted by Gasteiger charge is -2.33. The predicted molar refractivity (Wildman–Crippen MR) is 138 cm³/mol. The first-order chi connectivity index (χ1) is 19.8. The summed E-state index contributed by atoms with van der Waals surface area (Å²) in [6, 6.07) is 0.801. The fourth-order valence-electron chi connectivity index (χ4n) is 5.72. The number of hydrogen-bond donors (Lipinski definition) is 3. The Bertz CT molecular complexity index is 1440. The number of aromatic nitrogens is 6. The van der Waals surface area contributed by atoms with E-state index in [9.17, 15) is 31.5 Å². The molecule has 2 amide bonds. The fraction of sp³-hybridized carbons (Fsp3) is 0.615. The number of alkyl halides is 5. The third-order valence-corrected chi connectivity index (χ3v) is 8.09. The van der Waals surface area contributed by atoms with Crippen LogP contribution in [0.4, 0.5) is 22.0 Å². The number of imidazole rings is 1. The maximum Gasteiger partial charge on any atom is 0.393 e. The number of aryl methyl sites for hydroxylation is 1. The van der Waals surface area contributed by atoms with Gasteiger partial charge in [-0.05, 0) is 38.3 Å². The molecule has 1 aliphatic heterocycles. The smallest absolute Gasteiger partial charge is 0.355 e. The third kappa shape index (κ3) is 6.37. The minimum absolute atomic E-state index is 0.0652. The average molecular weight is 598 g/mol. The molecule has 4 heterocycles. The summed E-state index contributed by atoms with van der Waals surface area (Å²) in [4.78, 5) is 34.8. The Labute approximate surface area is 237 Å². The van der Waals surface area contributed by atoms with Gasteiger partial charge in [-0.3, -0.25) is 14.3 Å². The number of fused-ring (bicyclic) bond motifs is 1. The van der Waals surface area contributed by atoms with E-state index in [1.807, 2.05) is 0 Å². The van der Waals surface area contributed by atoms with E-state index in [4.69, 9.17) is 0 Å². The van der Waals surface area contributed by atoms with E-state index in [-0.39, 0.29) is 62.5 Å². The zero-order chi connectivity index (χ0) is 30.2. The van der Waals surface area contributed by atoms with Crippen LogP contribution in [0.1, 0.15) is 65.7 Å². The zero-order valence-corrected chi connectivity index (χ0v) is 23.1. The Kier molecular flexibility index (Phi) is 8.18. The van der Waals surface area contributed by atoms with E-state index in [1.165, 1.54) is 27.7 Å². The molecule has 228 valence electrons. The Morgan fingerprint density at radius 2 is 1.95 bits per heavy atom. The van der Waals surface area contributed by atoms with E-state index < -0.39 is 48.3 Å². The van der Waals surface area contributed by atoms with Gasteiger partial charge in [0.15, 0.2) is 0 Å². The molecule has 0 spiro atoms. The SMILES string of the molecule is CNCc1nc2nc([C@@H](NC(=O)c3ccnn3C)C3CCC(F)(F)CC3)cn2nc1C[C@H]1C[C@@H](C(F)(F)F)CNC1=O. The van der Waals surface area contributed by atoms with Crippen LogP contribution in [0, 0.1) is 17.8 Å². The van der Waals surface area contributed by atoms with Crippen LogP contribution in [0.15, 0.2) is 18.5 Å². The highest BCUT2D eigenvalue weighted by molar-refractivity contribution is 5.92. The fourth-order valence-corrected chi connectivity index (χ4v) is 5.72. The number of piperidine rings is 1. The molecule has 2 aliphatic rings. The zero-order valence-electron chi connectivity index (χ0n) is 23.1. The lowest BCUT2D eigenvalue weighted by atomic mass is 9.81. The Morgan fingerprint density at radius 1 is 1.21 bits per heavy atom. The molecule has 3 aromatic rings. The Morgan fingerprint density at radius 3 is 2.60 bits per heavy atom.